The van der Waals surface area contributed by atoms with E-state index < -0.39 is 20.0 Å². The van der Waals surface area contributed by atoms with Crippen LogP contribution in [0.2, 0.25) is 0 Å². The molecule has 9 nitrogen and oxygen atoms in total. The fourth-order valence-corrected chi connectivity index (χ4v) is 11.3. The van der Waals surface area contributed by atoms with E-state index in [1.54, 1.807) is 0 Å². The highest BCUT2D eigenvalue weighted by atomic mass is 31.2. The normalized spacial score (nSPS) is 13.8. The number of hydrogen-bond donors (Lipinski definition) is 1. The highest BCUT2D eigenvalue weighted by molar-refractivity contribution is 7.45. The molecule has 1 N–H and O–H groups in total. The third kappa shape index (κ3) is 64.2. The standard InChI is InChI=1S/C74H139N2O7P/c1-7-10-13-16-19-22-25-28-30-32-34-35-36-37-38-39-40-41-43-44-46-48-51-54-57-60-63-66-73(77)75-71(70-82-84(79,80)81-69-68-76(4,5)6)72(65-62-59-56-53-50-27-24-21-18-15-12-9-3)83-74(78)67-64-61-58-55-52-49-47-45-42-33-31-29-26-23-20-17-14-11-8-2/h19-20,22-23,28-31,62,65,71-72H,7-18,21,24-27,32-61,63-64,66-70H2,1-6H3,(H-,75,77,79,80)/b22-19-,23-20-,30-28-,31-29-,65-62-. The number of amides is 1. The molecule has 0 aromatic rings. The van der Waals surface area contributed by atoms with Gasteiger partial charge in [-0.15, -0.1) is 0 Å². The predicted octanol–water partition coefficient (Wildman–Crippen LogP) is 22.3. The Labute approximate surface area is 521 Å². The maximum atomic E-state index is 13.6. The lowest BCUT2D eigenvalue weighted by Gasteiger charge is -2.30. The number of nitrogens with zero attached hydrogens (tertiary/aromatic N) is 1. The Bertz CT molecular complexity index is 1620. The Morgan fingerprint density at radius 1 is 0.417 bits per heavy atom. The molecule has 0 spiro atoms. The monoisotopic (exact) mass is 1200 g/mol. The molecule has 0 aliphatic heterocycles. The van der Waals surface area contributed by atoms with Gasteiger partial charge in [0.15, 0.2) is 0 Å². The van der Waals surface area contributed by atoms with Crippen molar-refractivity contribution in [2.75, 3.05) is 40.9 Å². The number of carbonyl (C=O) groups is 2. The fraction of sp³-hybridized carbons (Fsp3) is 0.838. The highest BCUT2D eigenvalue weighted by Gasteiger charge is 2.27. The Balaban J connectivity index is 5.00. The fourth-order valence-electron chi connectivity index (χ4n) is 10.6. The summed E-state index contributed by atoms with van der Waals surface area (Å²) in [6.07, 6.45) is 82.0. The topological polar surface area (TPSA) is 114 Å². The minimum atomic E-state index is -4.70. The molecule has 0 aliphatic carbocycles. The lowest BCUT2D eigenvalue weighted by molar-refractivity contribution is -0.870. The average molecular weight is 1200 g/mol. The van der Waals surface area contributed by atoms with Gasteiger partial charge >= 0.3 is 5.97 Å². The van der Waals surface area contributed by atoms with Crippen LogP contribution in [0.15, 0.2) is 60.8 Å². The molecule has 3 atom stereocenters. The van der Waals surface area contributed by atoms with Crippen LogP contribution in [-0.4, -0.2) is 69.4 Å². The van der Waals surface area contributed by atoms with Gasteiger partial charge in [-0.1, -0.05) is 300 Å². The van der Waals surface area contributed by atoms with Crippen LogP contribution < -0.4 is 10.2 Å². The van der Waals surface area contributed by atoms with Crippen LogP contribution in [0.5, 0.6) is 0 Å². The van der Waals surface area contributed by atoms with Gasteiger partial charge in [0, 0.05) is 12.8 Å². The first-order valence-corrected chi connectivity index (χ1v) is 37.6. The van der Waals surface area contributed by atoms with Gasteiger partial charge in [-0.2, -0.15) is 0 Å². The van der Waals surface area contributed by atoms with Gasteiger partial charge in [0.05, 0.1) is 33.8 Å². The molecule has 492 valence electrons. The van der Waals surface area contributed by atoms with Gasteiger partial charge in [-0.05, 0) is 96.0 Å². The van der Waals surface area contributed by atoms with E-state index in [1.807, 2.05) is 33.3 Å². The number of phosphoric ester groups is 1. The number of carbonyl (C=O) groups excluding carboxylic acids is 2. The van der Waals surface area contributed by atoms with Crippen molar-refractivity contribution in [2.24, 2.45) is 0 Å². The highest BCUT2D eigenvalue weighted by Crippen LogP contribution is 2.38. The van der Waals surface area contributed by atoms with E-state index in [0.717, 1.165) is 70.6 Å². The quantitative estimate of drug-likeness (QED) is 0.0212. The average Bonchev–Trinajstić information content (AvgIpc) is 3.64. The second-order valence-electron chi connectivity index (χ2n) is 25.7. The molecule has 0 radical (unpaired) electrons. The SMILES string of the molecule is CCCCC/C=C\C/C=C\CCCCCCCCCCCCCCCCCCCC(=O)NC(COP(=O)([O-])OCC[N+](C)(C)C)C(/C=C\CCCCCCCCCCCC)OC(=O)CCCCCCCCCCC/C=C\C/C=C\CCCCC. The van der Waals surface area contributed by atoms with Crippen molar-refractivity contribution in [1.29, 1.82) is 0 Å². The zero-order chi connectivity index (χ0) is 61.4. The maximum Gasteiger partial charge on any atom is 0.306 e. The molecule has 3 unspecified atom stereocenters. The minimum absolute atomic E-state index is 0.0224. The van der Waals surface area contributed by atoms with Crippen molar-refractivity contribution in [3.05, 3.63) is 60.8 Å². The van der Waals surface area contributed by atoms with E-state index in [1.165, 1.54) is 244 Å². The first-order valence-electron chi connectivity index (χ1n) is 36.1. The molecular formula is C74H139N2O7P. The van der Waals surface area contributed by atoms with Gasteiger partial charge in [0.1, 0.15) is 19.3 Å². The van der Waals surface area contributed by atoms with Gasteiger partial charge in [-0.25, -0.2) is 0 Å². The molecule has 10 heteroatoms. The van der Waals surface area contributed by atoms with Crippen LogP contribution in [0.3, 0.4) is 0 Å². The summed E-state index contributed by atoms with van der Waals surface area (Å²) in [7, 11) is 1.19. The smallest absolute Gasteiger partial charge is 0.306 e. The summed E-state index contributed by atoms with van der Waals surface area (Å²) < 4.78 is 30.5. The molecule has 0 aliphatic rings. The zero-order valence-electron chi connectivity index (χ0n) is 56.4. The van der Waals surface area contributed by atoms with Crippen molar-refractivity contribution in [2.45, 2.75) is 360 Å². The summed E-state index contributed by atoms with van der Waals surface area (Å²) in [5, 5.41) is 3.05. The molecule has 0 heterocycles. The molecule has 0 aromatic carbocycles. The number of allylic oxidation sites excluding steroid dienone is 9. The number of hydrogen-bond acceptors (Lipinski definition) is 7. The molecule has 84 heavy (non-hydrogen) atoms. The molecule has 0 saturated carbocycles. The van der Waals surface area contributed by atoms with Crippen LogP contribution in [0, 0.1) is 0 Å². The minimum Gasteiger partial charge on any atom is -0.756 e. The van der Waals surface area contributed by atoms with Gasteiger partial charge in [0.2, 0.25) is 5.91 Å². The van der Waals surface area contributed by atoms with Crippen LogP contribution >= 0.6 is 7.82 Å². The summed E-state index contributed by atoms with van der Waals surface area (Å²) in [5.74, 6) is -0.532. The lowest BCUT2D eigenvalue weighted by atomic mass is 10.0. The molecule has 0 bridgehead atoms. The van der Waals surface area contributed by atoms with E-state index in [2.05, 4.69) is 74.7 Å². The number of esters is 1. The number of quaternary nitrogens is 1. The number of unbranched alkanes of at least 4 members (excludes halogenated alkanes) is 42. The molecule has 0 fully saturated rings. The lowest BCUT2D eigenvalue weighted by Crippen LogP contribution is -2.47. The van der Waals surface area contributed by atoms with Crippen molar-refractivity contribution in [3.63, 3.8) is 0 Å². The van der Waals surface area contributed by atoms with Crippen molar-refractivity contribution >= 4 is 19.7 Å². The summed E-state index contributed by atoms with van der Waals surface area (Å²) >= 11 is 0. The third-order valence-corrected chi connectivity index (χ3v) is 17.1. The Kier molecular flexibility index (Phi) is 62.0. The van der Waals surface area contributed by atoms with E-state index in [4.69, 9.17) is 13.8 Å². The number of nitrogens with one attached hydrogen (secondary N) is 1. The van der Waals surface area contributed by atoms with E-state index in [-0.39, 0.29) is 31.5 Å². The van der Waals surface area contributed by atoms with E-state index >= 15 is 0 Å². The zero-order valence-corrected chi connectivity index (χ0v) is 57.3. The third-order valence-electron chi connectivity index (χ3n) is 16.2. The molecule has 0 aromatic heterocycles. The van der Waals surface area contributed by atoms with Gasteiger partial charge in [-0.3, -0.25) is 14.2 Å². The molecule has 1 amide bonds. The first-order chi connectivity index (χ1) is 40.9. The molecular weight excluding hydrogens is 1060 g/mol. The summed E-state index contributed by atoms with van der Waals surface area (Å²) in [6.45, 7) is 6.83. The number of ether oxygens (including phenoxy) is 1. The Morgan fingerprint density at radius 3 is 1.10 bits per heavy atom. The Hall–Kier alpha value is -2.29. The first kappa shape index (κ1) is 81.7. The van der Waals surface area contributed by atoms with Crippen LogP contribution in [0.1, 0.15) is 348 Å². The number of phosphoric acid groups is 1. The van der Waals surface area contributed by atoms with Crippen molar-refractivity contribution in [3.8, 4) is 0 Å². The van der Waals surface area contributed by atoms with Crippen LogP contribution in [-0.2, 0) is 27.9 Å². The molecule has 0 rings (SSSR count). The Morgan fingerprint density at radius 2 is 0.726 bits per heavy atom. The van der Waals surface area contributed by atoms with Crippen LogP contribution in [0.4, 0.5) is 0 Å². The van der Waals surface area contributed by atoms with E-state index in [0.29, 0.717) is 17.4 Å². The van der Waals surface area contributed by atoms with E-state index in [9.17, 15) is 19.0 Å². The number of likely N-dealkylation sites (N-methyl/N-ethyl adjacent to an activating group) is 1. The predicted molar refractivity (Wildman–Crippen MR) is 362 cm³/mol. The summed E-state index contributed by atoms with van der Waals surface area (Å²) in [6, 6.07) is -0.890. The van der Waals surface area contributed by atoms with Crippen LogP contribution in [0.25, 0.3) is 0 Å². The van der Waals surface area contributed by atoms with Crippen molar-refractivity contribution in [1.82, 2.24) is 5.32 Å². The maximum absolute atomic E-state index is 13.6. The van der Waals surface area contributed by atoms with Crippen molar-refractivity contribution < 1.29 is 37.3 Å². The van der Waals surface area contributed by atoms with Gasteiger partial charge in [0.25, 0.3) is 7.82 Å². The van der Waals surface area contributed by atoms with Gasteiger partial charge < -0.3 is 28.5 Å². The largest absolute Gasteiger partial charge is 0.756 e. The number of rotatable bonds is 66. The summed E-state index contributed by atoms with van der Waals surface area (Å²) in [5.41, 5.74) is 0. The molecule has 0 saturated heterocycles. The second-order valence-corrected chi connectivity index (χ2v) is 27.1. The second kappa shape index (κ2) is 63.7. The summed E-state index contributed by atoms with van der Waals surface area (Å²) in [4.78, 5) is 40.2.